The minimum Gasteiger partial charge on any atom is -0.295 e. The van der Waals surface area contributed by atoms with Crippen molar-refractivity contribution in [2.45, 2.75) is 6.92 Å². The van der Waals surface area contributed by atoms with Crippen molar-refractivity contribution in [1.82, 2.24) is 20.4 Å². The van der Waals surface area contributed by atoms with Crippen LogP contribution in [-0.4, -0.2) is 26.3 Å². The molecule has 19 heavy (non-hydrogen) atoms. The van der Waals surface area contributed by atoms with Crippen molar-refractivity contribution in [3.8, 4) is 0 Å². The lowest BCUT2D eigenvalue weighted by Crippen LogP contribution is -2.12. The molecule has 3 aromatic rings. The van der Waals surface area contributed by atoms with Gasteiger partial charge in [-0.25, -0.2) is 4.39 Å². The lowest BCUT2D eigenvalue weighted by atomic mass is 10.2. The number of H-pyrrole nitrogens is 1. The number of benzene rings is 1. The molecule has 6 nitrogen and oxygen atoms in total. The summed E-state index contributed by atoms with van der Waals surface area (Å²) in [6.45, 7) is 1.78. The molecule has 8 heteroatoms. The summed E-state index contributed by atoms with van der Waals surface area (Å²) in [7, 11) is 0. The number of carbonyl (C=O) groups is 1. The molecule has 0 aliphatic rings. The number of hydrogen-bond donors (Lipinski definition) is 2. The van der Waals surface area contributed by atoms with E-state index in [1.165, 1.54) is 29.5 Å². The van der Waals surface area contributed by atoms with Crippen LogP contribution in [0.2, 0.25) is 0 Å². The molecule has 2 aromatic heterocycles. The third kappa shape index (κ3) is 2.17. The molecule has 0 atom stereocenters. The van der Waals surface area contributed by atoms with Crippen molar-refractivity contribution < 1.29 is 9.18 Å². The fourth-order valence-electron chi connectivity index (χ4n) is 1.66. The van der Waals surface area contributed by atoms with Gasteiger partial charge < -0.3 is 0 Å². The van der Waals surface area contributed by atoms with Crippen LogP contribution in [0.1, 0.15) is 15.5 Å². The van der Waals surface area contributed by atoms with Crippen LogP contribution in [0.15, 0.2) is 18.2 Å². The number of nitrogens with zero attached hydrogens (tertiary/aromatic N) is 3. The molecule has 0 unspecified atom stereocenters. The van der Waals surface area contributed by atoms with E-state index in [1.807, 2.05) is 0 Å². The maximum absolute atomic E-state index is 13.2. The normalized spacial score (nSPS) is 10.8. The Morgan fingerprint density at radius 3 is 3.00 bits per heavy atom. The third-order valence-corrected chi connectivity index (χ3v) is 3.24. The number of fused-ring (bicyclic) bond motifs is 1. The number of rotatable bonds is 2. The predicted molar refractivity (Wildman–Crippen MR) is 68.7 cm³/mol. The van der Waals surface area contributed by atoms with Crippen LogP contribution in [0.3, 0.4) is 0 Å². The SMILES string of the molecule is Cc1nnc(NC(=O)c2n[nH]c3ccc(F)cc23)s1. The number of nitrogens with one attached hydrogen (secondary N) is 2. The first-order valence-corrected chi connectivity index (χ1v) is 6.20. The molecule has 3 rings (SSSR count). The molecule has 0 aliphatic carbocycles. The number of aromatic nitrogens is 4. The van der Waals surface area contributed by atoms with E-state index in [0.29, 0.717) is 16.0 Å². The second-order valence-electron chi connectivity index (χ2n) is 3.84. The molecule has 0 aliphatic heterocycles. The summed E-state index contributed by atoms with van der Waals surface area (Å²) in [6, 6.07) is 4.10. The number of aryl methyl sites for hydroxylation is 1. The van der Waals surface area contributed by atoms with Crippen LogP contribution in [0.5, 0.6) is 0 Å². The number of halogens is 1. The summed E-state index contributed by atoms with van der Waals surface area (Å²) in [4.78, 5) is 12.0. The zero-order valence-electron chi connectivity index (χ0n) is 9.77. The lowest BCUT2D eigenvalue weighted by Gasteiger charge is -1.97. The highest BCUT2D eigenvalue weighted by molar-refractivity contribution is 7.15. The van der Waals surface area contributed by atoms with Crippen LogP contribution < -0.4 is 5.32 Å². The Morgan fingerprint density at radius 1 is 1.42 bits per heavy atom. The Bertz CT molecular complexity index is 765. The highest BCUT2D eigenvalue weighted by Crippen LogP contribution is 2.19. The van der Waals surface area contributed by atoms with E-state index in [4.69, 9.17) is 0 Å². The maximum Gasteiger partial charge on any atom is 0.278 e. The van der Waals surface area contributed by atoms with Gasteiger partial charge in [0.2, 0.25) is 5.13 Å². The van der Waals surface area contributed by atoms with Crippen molar-refractivity contribution in [2.75, 3.05) is 5.32 Å². The Balaban J connectivity index is 1.95. The molecule has 0 bridgehead atoms. The quantitative estimate of drug-likeness (QED) is 0.751. The molecular weight excluding hydrogens is 269 g/mol. The van der Waals surface area contributed by atoms with Gasteiger partial charge in [0, 0.05) is 5.39 Å². The summed E-state index contributed by atoms with van der Waals surface area (Å²) in [6.07, 6.45) is 0. The molecule has 0 fully saturated rings. The van der Waals surface area contributed by atoms with Crippen molar-refractivity contribution >= 4 is 33.3 Å². The van der Waals surface area contributed by atoms with Gasteiger partial charge in [0.05, 0.1) is 5.52 Å². The average molecular weight is 277 g/mol. The molecule has 0 saturated heterocycles. The zero-order valence-corrected chi connectivity index (χ0v) is 10.6. The molecule has 1 amide bonds. The Kier molecular flexibility index (Phi) is 2.71. The average Bonchev–Trinajstić information content (AvgIpc) is 2.95. The molecular formula is C11H8FN5OS. The van der Waals surface area contributed by atoms with Gasteiger partial charge in [0.25, 0.3) is 5.91 Å². The fraction of sp³-hybridized carbons (Fsp3) is 0.0909. The second-order valence-corrected chi connectivity index (χ2v) is 5.02. The first-order valence-electron chi connectivity index (χ1n) is 5.38. The number of aromatic amines is 1. The molecule has 0 saturated carbocycles. The summed E-state index contributed by atoms with van der Waals surface area (Å²) in [5.41, 5.74) is 0.724. The van der Waals surface area contributed by atoms with Crippen LogP contribution >= 0.6 is 11.3 Å². The monoisotopic (exact) mass is 277 g/mol. The first-order chi connectivity index (χ1) is 9.13. The minimum atomic E-state index is -0.451. The molecule has 1 aromatic carbocycles. The highest BCUT2D eigenvalue weighted by Gasteiger charge is 2.16. The van der Waals surface area contributed by atoms with Gasteiger partial charge in [-0.1, -0.05) is 11.3 Å². The van der Waals surface area contributed by atoms with Crippen LogP contribution in [0.25, 0.3) is 10.9 Å². The Labute approximate surface area is 110 Å². The largest absolute Gasteiger partial charge is 0.295 e. The molecule has 0 radical (unpaired) electrons. The highest BCUT2D eigenvalue weighted by atomic mass is 32.1. The summed E-state index contributed by atoms with van der Waals surface area (Å²) >= 11 is 1.26. The molecule has 2 N–H and O–H groups in total. The van der Waals surface area contributed by atoms with E-state index in [2.05, 4.69) is 25.7 Å². The van der Waals surface area contributed by atoms with Gasteiger partial charge >= 0.3 is 0 Å². The smallest absolute Gasteiger partial charge is 0.278 e. The lowest BCUT2D eigenvalue weighted by molar-refractivity contribution is 0.102. The van der Waals surface area contributed by atoms with Crippen molar-refractivity contribution in [2.24, 2.45) is 0 Å². The maximum atomic E-state index is 13.2. The van der Waals surface area contributed by atoms with Gasteiger partial charge in [0.1, 0.15) is 10.8 Å². The van der Waals surface area contributed by atoms with Crippen LogP contribution in [-0.2, 0) is 0 Å². The van der Waals surface area contributed by atoms with E-state index < -0.39 is 11.7 Å². The number of amides is 1. The number of hydrogen-bond acceptors (Lipinski definition) is 5. The topological polar surface area (TPSA) is 83.6 Å². The van der Waals surface area contributed by atoms with Crippen LogP contribution in [0, 0.1) is 12.7 Å². The van der Waals surface area contributed by atoms with E-state index in [1.54, 1.807) is 6.92 Å². The molecule has 0 spiro atoms. The third-order valence-electron chi connectivity index (χ3n) is 2.49. The molecule has 2 heterocycles. The number of anilines is 1. The zero-order chi connectivity index (χ0) is 13.4. The van der Waals surface area contributed by atoms with Gasteiger partial charge in [-0.3, -0.25) is 15.2 Å². The second kappa shape index (κ2) is 4.39. The van der Waals surface area contributed by atoms with E-state index in [0.717, 1.165) is 5.01 Å². The van der Waals surface area contributed by atoms with Crippen LogP contribution in [0.4, 0.5) is 9.52 Å². The first kappa shape index (κ1) is 11.7. The van der Waals surface area contributed by atoms with Gasteiger partial charge in [-0.15, -0.1) is 10.2 Å². The fourth-order valence-corrected chi connectivity index (χ4v) is 2.25. The Hall–Kier alpha value is -2.35. The summed E-state index contributed by atoms with van der Waals surface area (Å²) in [5, 5.41) is 18.3. The number of carbonyl (C=O) groups excluding carboxylic acids is 1. The molecule has 96 valence electrons. The van der Waals surface area contributed by atoms with Gasteiger partial charge in [-0.05, 0) is 25.1 Å². The Morgan fingerprint density at radius 2 is 2.26 bits per heavy atom. The predicted octanol–water partition coefficient (Wildman–Crippen LogP) is 2.11. The van der Waals surface area contributed by atoms with E-state index in [-0.39, 0.29) is 5.69 Å². The van der Waals surface area contributed by atoms with Gasteiger partial charge in [0.15, 0.2) is 5.69 Å². The summed E-state index contributed by atoms with van der Waals surface area (Å²) in [5.74, 6) is -0.872. The van der Waals surface area contributed by atoms with E-state index in [9.17, 15) is 9.18 Å². The standard InChI is InChI=1S/C11H8FN5OS/c1-5-14-17-11(19-5)13-10(18)9-7-4-6(12)2-3-8(7)15-16-9/h2-4H,1H3,(H,15,16)(H,13,17,18). The van der Waals surface area contributed by atoms with E-state index >= 15 is 0 Å². The van der Waals surface area contributed by atoms with Crippen molar-refractivity contribution in [3.05, 3.63) is 34.7 Å². The van der Waals surface area contributed by atoms with Gasteiger partial charge in [-0.2, -0.15) is 5.10 Å². The van der Waals surface area contributed by atoms with Crippen molar-refractivity contribution in [3.63, 3.8) is 0 Å². The minimum absolute atomic E-state index is 0.127. The summed E-state index contributed by atoms with van der Waals surface area (Å²) < 4.78 is 13.2. The van der Waals surface area contributed by atoms with Crippen molar-refractivity contribution in [1.29, 1.82) is 0 Å².